The van der Waals surface area contributed by atoms with Gasteiger partial charge >= 0.3 is 0 Å². The third-order valence-corrected chi connectivity index (χ3v) is 4.79. The normalized spacial score (nSPS) is 10.8. The molecular formula is C16H16N6O3S. The molecule has 0 aliphatic rings. The van der Waals surface area contributed by atoms with Crippen LogP contribution in [0.4, 0.5) is 5.69 Å². The number of thioether (sulfide) groups is 1. The van der Waals surface area contributed by atoms with E-state index in [1.165, 1.54) is 11.8 Å². The molecule has 0 saturated heterocycles. The zero-order valence-corrected chi connectivity index (χ0v) is 14.9. The first-order chi connectivity index (χ1) is 12.4. The summed E-state index contributed by atoms with van der Waals surface area (Å²) < 4.78 is 1.70. The summed E-state index contributed by atoms with van der Waals surface area (Å²) >= 11 is 1.20. The molecule has 0 fully saturated rings. The molecule has 1 aromatic carbocycles. The van der Waals surface area contributed by atoms with E-state index in [2.05, 4.69) is 20.5 Å². The molecule has 2 heterocycles. The van der Waals surface area contributed by atoms with E-state index in [1.54, 1.807) is 42.5 Å². The zero-order chi connectivity index (χ0) is 18.8. The molecule has 134 valence electrons. The molecule has 26 heavy (non-hydrogen) atoms. The number of aromatic nitrogens is 4. The molecule has 2 amide bonds. The smallest absolute Gasteiger partial charge is 0.255 e. The van der Waals surface area contributed by atoms with Gasteiger partial charge in [-0.3, -0.25) is 23.8 Å². The second-order valence-corrected chi connectivity index (χ2v) is 6.53. The van der Waals surface area contributed by atoms with E-state index in [4.69, 9.17) is 5.73 Å². The number of nitrogens with two attached hydrogens (primary N) is 1. The highest BCUT2D eigenvalue weighted by Crippen LogP contribution is 2.19. The monoisotopic (exact) mass is 372 g/mol. The SMILES string of the molecule is Cc1c(C)n2c(SCC(=O)Nc3ccc(C(N)=O)cc3)nnc2[nH]c1=O. The van der Waals surface area contributed by atoms with Crippen LogP contribution in [0, 0.1) is 13.8 Å². The number of nitrogens with one attached hydrogen (secondary N) is 2. The fourth-order valence-electron chi connectivity index (χ4n) is 2.32. The molecule has 0 spiro atoms. The number of rotatable bonds is 5. The van der Waals surface area contributed by atoms with Crippen molar-refractivity contribution in [2.75, 3.05) is 11.1 Å². The van der Waals surface area contributed by atoms with Crippen LogP contribution in [0.15, 0.2) is 34.2 Å². The molecule has 0 atom stereocenters. The van der Waals surface area contributed by atoms with Crippen molar-refractivity contribution < 1.29 is 9.59 Å². The van der Waals surface area contributed by atoms with Crippen molar-refractivity contribution in [2.24, 2.45) is 5.73 Å². The number of aromatic amines is 1. The molecule has 0 radical (unpaired) electrons. The molecule has 0 aliphatic heterocycles. The number of amides is 2. The van der Waals surface area contributed by atoms with Crippen molar-refractivity contribution in [3.63, 3.8) is 0 Å². The Bertz CT molecular complexity index is 1050. The van der Waals surface area contributed by atoms with Crippen molar-refractivity contribution in [1.29, 1.82) is 0 Å². The molecule has 4 N–H and O–H groups in total. The summed E-state index contributed by atoms with van der Waals surface area (Å²) in [7, 11) is 0. The molecule has 3 rings (SSSR count). The molecule has 0 saturated carbocycles. The largest absolute Gasteiger partial charge is 0.366 e. The number of aryl methyl sites for hydroxylation is 1. The predicted octanol–water partition coefficient (Wildman–Crippen LogP) is 0.864. The molecule has 0 unspecified atom stereocenters. The van der Waals surface area contributed by atoms with Gasteiger partial charge in [0.1, 0.15) is 0 Å². The van der Waals surface area contributed by atoms with Gasteiger partial charge in [-0.25, -0.2) is 0 Å². The lowest BCUT2D eigenvalue weighted by Crippen LogP contribution is -2.16. The molecule has 3 aromatic rings. The summed E-state index contributed by atoms with van der Waals surface area (Å²) in [6.07, 6.45) is 0. The number of H-pyrrole nitrogens is 1. The minimum absolute atomic E-state index is 0.107. The van der Waals surface area contributed by atoms with Gasteiger partial charge < -0.3 is 11.1 Å². The zero-order valence-electron chi connectivity index (χ0n) is 14.1. The topological polar surface area (TPSA) is 135 Å². The van der Waals surface area contributed by atoms with Gasteiger partial charge in [-0.05, 0) is 38.1 Å². The molecule has 9 nitrogen and oxygen atoms in total. The van der Waals surface area contributed by atoms with Crippen LogP contribution in [0.2, 0.25) is 0 Å². The predicted molar refractivity (Wildman–Crippen MR) is 97.4 cm³/mol. The standard InChI is InChI=1S/C16H16N6O3S/c1-8-9(2)22-15(19-14(8)25)20-21-16(22)26-7-12(23)18-11-5-3-10(4-6-11)13(17)24/h3-6H,7H2,1-2H3,(H2,17,24)(H,18,23)(H,19,20,25). The Balaban J connectivity index is 1.70. The minimum Gasteiger partial charge on any atom is -0.366 e. The van der Waals surface area contributed by atoms with E-state index in [0.29, 0.717) is 27.7 Å². The maximum absolute atomic E-state index is 12.1. The summed E-state index contributed by atoms with van der Waals surface area (Å²) in [4.78, 5) is 37.6. The number of benzene rings is 1. The van der Waals surface area contributed by atoms with Crippen LogP contribution in [0.5, 0.6) is 0 Å². The minimum atomic E-state index is -0.527. The highest BCUT2D eigenvalue weighted by atomic mass is 32.2. The van der Waals surface area contributed by atoms with Crippen molar-refractivity contribution in [1.82, 2.24) is 19.6 Å². The van der Waals surface area contributed by atoms with Gasteiger partial charge in [0, 0.05) is 22.5 Å². The lowest BCUT2D eigenvalue weighted by Gasteiger charge is -2.07. The molecule has 0 aliphatic carbocycles. The quantitative estimate of drug-likeness (QED) is 0.569. The van der Waals surface area contributed by atoms with Crippen LogP contribution < -0.4 is 16.6 Å². The van der Waals surface area contributed by atoms with Crippen LogP contribution in [-0.4, -0.2) is 37.1 Å². The number of primary amides is 1. The van der Waals surface area contributed by atoms with E-state index >= 15 is 0 Å². The van der Waals surface area contributed by atoms with Gasteiger partial charge in [0.25, 0.3) is 5.56 Å². The van der Waals surface area contributed by atoms with Crippen molar-refractivity contribution in [3.05, 3.63) is 51.4 Å². The van der Waals surface area contributed by atoms with Gasteiger partial charge in [0.2, 0.25) is 17.6 Å². The highest BCUT2D eigenvalue weighted by Gasteiger charge is 2.14. The Morgan fingerprint density at radius 2 is 1.92 bits per heavy atom. The summed E-state index contributed by atoms with van der Waals surface area (Å²) in [5.74, 6) is -0.322. The van der Waals surface area contributed by atoms with E-state index in [-0.39, 0.29) is 17.2 Å². The number of hydrogen-bond acceptors (Lipinski definition) is 6. The van der Waals surface area contributed by atoms with Crippen LogP contribution in [0.25, 0.3) is 5.78 Å². The van der Waals surface area contributed by atoms with E-state index < -0.39 is 5.91 Å². The van der Waals surface area contributed by atoms with E-state index in [9.17, 15) is 14.4 Å². The first kappa shape index (κ1) is 17.7. The van der Waals surface area contributed by atoms with Gasteiger partial charge in [0.15, 0.2) is 5.16 Å². The Kier molecular flexibility index (Phi) is 4.76. The number of anilines is 1. The number of carbonyl (C=O) groups excluding carboxylic acids is 2. The number of fused-ring (bicyclic) bond motifs is 1. The first-order valence-corrected chi connectivity index (χ1v) is 8.62. The Morgan fingerprint density at radius 1 is 1.23 bits per heavy atom. The third kappa shape index (κ3) is 3.45. The van der Waals surface area contributed by atoms with Gasteiger partial charge in [0.05, 0.1) is 5.75 Å². The molecular weight excluding hydrogens is 356 g/mol. The summed E-state index contributed by atoms with van der Waals surface area (Å²) in [5, 5.41) is 11.2. The Labute approximate surface area is 152 Å². The molecule has 0 bridgehead atoms. The summed E-state index contributed by atoms with van der Waals surface area (Å²) in [6, 6.07) is 6.29. The third-order valence-electron chi connectivity index (χ3n) is 3.86. The van der Waals surface area contributed by atoms with Crippen molar-refractivity contribution in [2.45, 2.75) is 19.0 Å². The average Bonchev–Trinajstić information content (AvgIpc) is 3.01. The number of carbonyl (C=O) groups is 2. The fraction of sp³-hybridized carbons (Fsp3) is 0.188. The fourth-order valence-corrected chi connectivity index (χ4v) is 3.10. The van der Waals surface area contributed by atoms with Gasteiger partial charge in [-0.15, -0.1) is 10.2 Å². The highest BCUT2D eigenvalue weighted by molar-refractivity contribution is 7.99. The lowest BCUT2D eigenvalue weighted by molar-refractivity contribution is -0.113. The number of nitrogens with zero attached hydrogens (tertiary/aromatic N) is 3. The lowest BCUT2D eigenvalue weighted by atomic mass is 10.2. The van der Waals surface area contributed by atoms with Crippen LogP contribution >= 0.6 is 11.8 Å². The maximum Gasteiger partial charge on any atom is 0.255 e. The first-order valence-electron chi connectivity index (χ1n) is 7.64. The number of hydrogen-bond donors (Lipinski definition) is 3. The van der Waals surface area contributed by atoms with Gasteiger partial charge in [-0.2, -0.15) is 0 Å². The summed E-state index contributed by atoms with van der Waals surface area (Å²) in [6.45, 7) is 3.51. The second kappa shape index (κ2) is 7.00. The molecule has 2 aromatic heterocycles. The van der Waals surface area contributed by atoms with Crippen LogP contribution in [0.1, 0.15) is 21.6 Å². The molecule has 10 heteroatoms. The second-order valence-electron chi connectivity index (χ2n) is 5.58. The summed E-state index contributed by atoms with van der Waals surface area (Å²) in [5.41, 5.74) is 7.18. The van der Waals surface area contributed by atoms with Crippen LogP contribution in [0.3, 0.4) is 0 Å². The van der Waals surface area contributed by atoms with Crippen LogP contribution in [-0.2, 0) is 4.79 Å². The Morgan fingerprint density at radius 3 is 2.58 bits per heavy atom. The maximum atomic E-state index is 12.1. The Hall–Kier alpha value is -3.14. The van der Waals surface area contributed by atoms with Crippen molar-refractivity contribution in [3.8, 4) is 0 Å². The van der Waals surface area contributed by atoms with Crippen molar-refractivity contribution >= 4 is 35.0 Å². The van der Waals surface area contributed by atoms with E-state index in [1.807, 2.05) is 0 Å². The van der Waals surface area contributed by atoms with Gasteiger partial charge in [-0.1, -0.05) is 11.8 Å². The van der Waals surface area contributed by atoms with E-state index in [0.717, 1.165) is 5.69 Å². The average molecular weight is 372 g/mol.